The van der Waals surface area contributed by atoms with E-state index in [9.17, 15) is 4.79 Å². The molecule has 122 valence electrons. The first-order chi connectivity index (χ1) is 11.6. The van der Waals surface area contributed by atoms with Crippen molar-refractivity contribution in [1.82, 2.24) is 5.32 Å². The monoisotopic (exact) mass is 320 g/mol. The van der Waals surface area contributed by atoms with E-state index in [0.717, 1.165) is 16.9 Å². The van der Waals surface area contributed by atoms with Gasteiger partial charge in [-0.1, -0.05) is 24.3 Å². The first-order valence-corrected chi connectivity index (χ1v) is 7.99. The topological polar surface area (TPSA) is 50.7 Å². The van der Waals surface area contributed by atoms with E-state index < -0.39 is 0 Å². The Morgan fingerprint density at radius 2 is 1.96 bits per heavy atom. The van der Waals surface area contributed by atoms with Gasteiger partial charge >= 0.3 is 0 Å². The average Bonchev–Trinajstić information content (AvgIpc) is 2.92. The van der Waals surface area contributed by atoms with Gasteiger partial charge in [0.15, 0.2) is 0 Å². The van der Waals surface area contributed by atoms with Crippen molar-refractivity contribution in [3.8, 4) is 5.75 Å². The highest BCUT2D eigenvalue weighted by atomic mass is 16.5. The number of nitrogens with zero attached hydrogens (tertiary/aromatic N) is 1. The quantitative estimate of drug-likeness (QED) is 0.875. The predicted molar refractivity (Wildman–Crippen MR) is 96.2 cm³/mol. The zero-order chi connectivity index (χ0) is 17.1. The van der Waals surface area contributed by atoms with Crippen LogP contribution in [0, 0.1) is 13.8 Å². The van der Waals surface area contributed by atoms with E-state index >= 15 is 0 Å². The van der Waals surface area contributed by atoms with Crippen LogP contribution in [0.1, 0.15) is 29.2 Å². The molecule has 4 heteroatoms. The molecule has 0 saturated heterocycles. The number of nitrogens with one attached hydrogen (secondary N) is 1. The minimum Gasteiger partial charge on any atom is -0.494 e. The van der Waals surface area contributed by atoms with E-state index in [1.54, 1.807) is 6.08 Å². The van der Waals surface area contributed by atoms with Crippen molar-refractivity contribution >= 4 is 17.8 Å². The largest absolute Gasteiger partial charge is 0.494 e. The van der Waals surface area contributed by atoms with Crippen molar-refractivity contribution < 1.29 is 9.53 Å². The van der Waals surface area contributed by atoms with Gasteiger partial charge in [-0.25, -0.2) is 4.99 Å². The highest BCUT2D eigenvalue weighted by Gasteiger charge is 2.21. The summed E-state index contributed by atoms with van der Waals surface area (Å²) >= 11 is 0. The van der Waals surface area contributed by atoms with Crippen LogP contribution in [-0.2, 0) is 4.79 Å². The van der Waals surface area contributed by atoms with Gasteiger partial charge in [0, 0.05) is 5.56 Å². The molecule has 1 aliphatic rings. The van der Waals surface area contributed by atoms with Crippen molar-refractivity contribution in [2.45, 2.75) is 20.8 Å². The minimum absolute atomic E-state index is 0.190. The zero-order valence-corrected chi connectivity index (χ0v) is 14.1. The van der Waals surface area contributed by atoms with Gasteiger partial charge in [-0.05, 0) is 61.7 Å². The lowest BCUT2D eigenvalue weighted by Crippen LogP contribution is -2.24. The van der Waals surface area contributed by atoms with Crippen LogP contribution in [0.2, 0.25) is 0 Å². The Hall–Kier alpha value is -2.88. The summed E-state index contributed by atoms with van der Waals surface area (Å²) < 4.78 is 5.49. The maximum Gasteiger partial charge on any atom is 0.275 e. The molecule has 0 bridgehead atoms. The summed E-state index contributed by atoms with van der Waals surface area (Å²) in [6.45, 7) is 6.66. The first-order valence-electron chi connectivity index (χ1n) is 7.99. The Balaban J connectivity index is 1.91. The highest BCUT2D eigenvalue weighted by Crippen LogP contribution is 2.19. The summed E-state index contributed by atoms with van der Waals surface area (Å²) in [5.74, 6) is 1.18. The van der Waals surface area contributed by atoms with E-state index in [1.165, 1.54) is 11.1 Å². The fourth-order valence-corrected chi connectivity index (χ4v) is 2.51. The van der Waals surface area contributed by atoms with Gasteiger partial charge < -0.3 is 10.1 Å². The highest BCUT2D eigenvalue weighted by molar-refractivity contribution is 6.19. The molecule has 1 heterocycles. The third-order valence-corrected chi connectivity index (χ3v) is 3.95. The molecule has 4 nitrogen and oxygen atoms in total. The van der Waals surface area contributed by atoms with Crippen LogP contribution in [0.15, 0.2) is 53.2 Å². The summed E-state index contributed by atoms with van der Waals surface area (Å²) in [6, 6.07) is 13.7. The van der Waals surface area contributed by atoms with E-state index in [-0.39, 0.29) is 5.91 Å². The zero-order valence-electron chi connectivity index (χ0n) is 14.1. The van der Waals surface area contributed by atoms with Gasteiger partial charge in [0.05, 0.1) is 6.61 Å². The molecule has 1 amide bonds. The van der Waals surface area contributed by atoms with Gasteiger partial charge in [0.1, 0.15) is 17.3 Å². The van der Waals surface area contributed by atoms with Crippen LogP contribution in [0.3, 0.4) is 0 Å². The number of benzene rings is 2. The van der Waals surface area contributed by atoms with E-state index in [4.69, 9.17) is 4.74 Å². The Labute approximate surface area is 141 Å². The molecule has 0 spiro atoms. The molecule has 0 aromatic heterocycles. The van der Waals surface area contributed by atoms with Crippen molar-refractivity contribution in [3.05, 3.63) is 70.4 Å². The predicted octanol–water partition coefficient (Wildman–Crippen LogP) is 3.62. The number of carbonyl (C=O) groups is 1. The molecule has 0 fully saturated rings. The van der Waals surface area contributed by atoms with Crippen molar-refractivity contribution in [1.29, 1.82) is 0 Å². The second-order valence-corrected chi connectivity index (χ2v) is 5.75. The smallest absolute Gasteiger partial charge is 0.275 e. The maximum atomic E-state index is 12.2. The third kappa shape index (κ3) is 3.38. The Morgan fingerprint density at radius 3 is 2.71 bits per heavy atom. The summed E-state index contributed by atoms with van der Waals surface area (Å²) in [5.41, 5.74) is 4.59. The number of hydrogen-bond donors (Lipinski definition) is 1. The number of amidine groups is 1. The number of aliphatic imine (C=N–C) groups is 1. The molecule has 0 radical (unpaired) electrons. The van der Waals surface area contributed by atoms with Gasteiger partial charge in [-0.3, -0.25) is 4.79 Å². The molecule has 1 aliphatic heterocycles. The molecule has 0 unspecified atom stereocenters. The number of carbonyl (C=O) groups excluding carboxylic acids is 1. The van der Waals surface area contributed by atoms with Crippen LogP contribution in [-0.4, -0.2) is 18.3 Å². The number of ether oxygens (including phenoxy) is 1. The van der Waals surface area contributed by atoms with E-state index in [0.29, 0.717) is 18.1 Å². The van der Waals surface area contributed by atoms with Crippen LogP contribution >= 0.6 is 0 Å². The molecular formula is C20H20N2O2. The van der Waals surface area contributed by atoms with Crippen molar-refractivity contribution in [2.24, 2.45) is 4.99 Å². The third-order valence-electron chi connectivity index (χ3n) is 3.95. The number of aryl methyl sites for hydroxylation is 2. The molecule has 3 rings (SSSR count). The summed E-state index contributed by atoms with van der Waals surface area (Å²) in [4.78, 5) is 16.7. The summed E-state index contributed by atoms with van der Waals surface area (Å²) in [7, 11) is 0. The molecule has 2 aromatic rings. The first kappa shape index (κ1) is 16.0. The SMILES string of the molecule is CCOc1cccc(/C=C2/N=C(c3ccc(C)c(C)c3)NC2=O)c1. The number of hydrogen-bond acceptors (Lipinski definition) is 3. The van der Waals surface area contributed by atoms with Crippen LogP contribution in [0.5, 0.6) is 5.75 Å². The van der Waals surface area contributed by atoms with Crippen molar-refractivity contribution in [2.75, 3.05) is 6.61 Å². The second-order valence-electron chi connectivity index (χ2n) is 5.75. The van der Waals surface area contributed by atoms with Crippen molar-refractivity contribution in [3.63, 3.8) is 0 Å². The van der Waals surface area contributed by atoms with Crippen LogP contribution in [0.4, 0.5) is 0 Å². The lowest BCUT2D eigenvalue weighted by Gasteiger charge is -2.04. The van der Waals surface area contributed by atoms with Crippen LogP contribution in [0.25, 0.3) is 6.08 Å². The van der Waals surface area contributed by atoms with E-state index in [2.05, 4.69) is 17.2 Å². The van der Waals surface area contributed by atoms with Gasteiger partial charge in [0.2, 0.25) is 0 Å². The maximum absolute atomic E-state index is 12.2. The normalized spacial score (nSPS) is 15.4. The van der Waals surface area contributed by atoms with Crippen LogP contribution < -0.4 is 10.1 Å². The lowest BCUT2D eigenvalue weighted by molar-refractivity contribution is -0.115. The molecule has 2 aromatic carbocycles. The number of rotatable bonds is 4. The Morgan fingerprint density at radius 1 is 1.12 bits per heavy atom. The standard InChI is InChI=1S/C20H20N2O2/c1-4-24-17-7-5-6-15(11-17)12-18-20(23)22-19(21-18)16-9-8-13(2)14(3)10-16/h5-12H,4H2,1-3H3,(H,21,22,23)/b18-12+. The molecule has 0 aliphatic carbocycles. The molecule has 0 atom stereocenters. The fourth-order valence-electron chi connectivity index (χ4n) is 2.51. The van der Waals surface area contributed by atoms with E-state index in [1.807, 2.05) is 56.3 Å². The lowest BCUT2D eigenvalue weighted by atomic mass is 10.1. The fraction of sp³-hybridized carbons (Fsp3) is 0.200. The minimum atomic E-state index is -0.190. The number of amides is 1. The van der Waals surface area contributed by atoms with Gasteiger partial charge in [-0.15, -0.1) is 0 Å². The average molecular weight is 320 g/mol. The summed E-state index contributed by atoms with van der Waals surface area (Å²) in [6.07, 6.45) is 1.77. The summed E-state index contributed by atoms with van der Waals surface area (Å²) in [5, 5.41) is 2.84. The molecular weight excluding hydrogens is 300 g/mol. The molecule has 0 saturated carbocycles. The Bertz CT molecular complexity index is 850. The van der Waals surface area contributed by atoms with Gasteiger partial charge in [0.25, 0.3) is 5.91 Å². The second kappa shape index (κ2) is 6.71. The molecule has 24 heavy (non-hydrogen) atoms. The Kier molecular flexibility index (Phi) is 4.47. The molecule has 1 N–H and O–H groups in total. The van der Waals surface area contributed by atoms with Gasteiger partial charge in [-0.2, -0.15) is 0 Å².